The molecule has 0 saturated carbocycles. The molecule has 2 rings (SSSR count). The van der Waals surface area contributed by atoms with Gasteiger partial charge in [0, 0.05) is 10.6 Å². The molecule has 0 N–H and O–H groups in total. The summed E-state index contributed by atoms with van der Waals surface area (Å²) in [6, 6.07) is 8.61. The Morgan fingerprint density at radius 1 is 1.28 bits per heavy atom. The Kier molecular flexibility index (Phi) is 4.39. The van der Waals surface area contributed by atoms with Gasteiger partial charge in [-0.1, -0.05) is 23.7 Å². The minimum atomic E-state index is -0.430. The van der Waals surface area contributed by atoms with E-state index in [1.807, 2.05) is 12.1 Å². The third-order valence-electron chi connectivity index (χ3n) is 2.30. The van der Waals surface area contributed by atoms with Crippen LogP contribution in [0.4, 0.5) is 4.39 Å². The van der Waals surface area contributed by atoms with Gasteiger partial charge in [-0.2, -0.15) is 0 Å². The van der Waals surface area contributed by atoms with Crippen molar-refractivity contribution in [2.45, 2.75) is 12.5 Å². The van der Waals surface area contributed by atoms with Gasteiger partial charge in [-0.25, -0.2) is 9.37 Å². The molecule has 0 aliphatic carbocycles. The van der Waals surface area contributed by atoms with Crippen molar-refractivity contribution in [1.82, 2.24) is 4.98 Å². The molecule has 0 atom stereocenters. The van der Waals surface area contributed by atoms with Crippen molar-refractivity contribution in [3.63, 3.8) is 0 Å². The number of nitrogens with zero attached hydrogens (tertiary/aromatic N) is 1. The predicted molar refractivity (Wildman–Crippen MR) is 69.5 cm³/mol. The summed E-state index contributed by atoms with van der Waals surface area (Å²) in [6.45, 7) is 0.309. The monoisotopic (exact) mass is 285 g/mol. The number of ether oxygens (including phenoxy) is 1. The van der Waals surface area contributed by atoms with E-state index >= 15 is 0 Å². The number of benzene rings is 1. The lowest BCUT2D eigenvalue weighted by atomic mass is 10.2. The second kappa shape index (κ2) is 6.03. The summed E-state index contributed by atoms with van der Waals surface area (Å²) in [5.74, 6) is 0.0578. The number of hydrogen-bond acceptors (Lipinski definition) is 2. The van der Waals surface area contributed by atoms with Crippen LogP contribution in [0.25, 0.3) is 0 Å². The maximum Gasteiger partial charge on any atom is 0.218 e. The predicted octanol–water partition coefficient (Wildman–Crippen LogP) is 4.19. The van der Waals surface area contributed by atoms with Crippen molar-refractivity contribution in [2.24, 2.45) is 0 Å². The molecule has 0 aliphatic rings. The van der Waals surface area contributed by atoms with E-state index < -0.39 is 5.82 Å². The van der Waals surface area contributed by atoms with Crippen LogP contribution in [-0.2, 0) is 12.5 Å². The number of hydrogen-bond donors (Lipinski definition) is 0. The smallest absolute Gasteiger partial charge is 0.218 e. The maximum atomic E-state index is 13.0. The van der Waals surface area contributed by atoms with Gasteiger partial charge in [0.25, 0.3) is 0 Å². The molecule has 1 aromatic heterocycles. The highest BCUT2D eigenvalue weighted by Gasteiger charge is 2.06. The van der Waals surface area contributed by atoms with Gasteiger partial charge in [-0.05, 0) is 23.8 Å². The first-order valence-corrected chi connectivity index (χ1v) is 6.18. The second-order valence-electron chi connectivity index (χ2n) is 3.67. The van der Waals surface area contributed by atoms with Crippen LogP contribution in [0.2, 0.25) is 5.02 Å². The Hall–Kier alpha value is -1.32. The minimum Gasteiger partial charge on any atom is -0.473 e. The molecule has 0 spiro atoms. The van der Waals surface area contributed by atoms with Gasteiger partial charge in [-0.3, -0.25) is 0 Å². The molecule has 0 fully saturated rings. The van der Waals surface area contributed by atoms with Gasteiger partial charge >= 0.3 is 0 Å². The van der Waals surface area contributed by atoms with Crippen molar-refractivity contribution in [3.8, 4) is 5.88 Å². The van der Waals surface area contributed by atoms with E-state index in [0.29, 0.717) is 23.1 Å². The van der Waals surface area contributed by atoms with Crippen LogP contribution in [0.15, 0.2) is 36.5 Å². The van der Waals surface area contributed by atoms with E-state index in [-0.39, 0.29) is 5.88 Å². The first-order valence-electron chi connectivity index (χ1n) is 5.26. The van der Waals surface area contributed by atoms with E-state index in [1.54, 1.807) is 12.1 Å². The molecule has 5 heteroatoms. The van der Waals surface area contributed by atoms with Gasteiger partial charge in [-0.15, -0.1) is 11.6 Å². The quantitative estimate of drug-likeness (QED) is 0.786. The van der Waals surface area contributed by atoms with Crippen molar-refractivity contribution < 1.29 is 9.13 Å². The molecule has 0 amide bonds. The SMILES string of the molecule is Fc1cnc(OCc2cccc(Cl)c2)c(CCl)c1. The summed E-state index contributed by atoms with van der Waals surface area (Å²) >= 11 is 11.6. The van der Waals surface area contributed by atoms with Crippen LogP contribution in [0.5, 0.6) is 5.88 Å². The van der Waals surface area contributed by atoms with Crippen molar-refractivity contribution in [1.29, 1.82) is 0 Å². The lowest BCUT2D eigenvalue weighted by Gasteiger charge is -2.09. The highest BCUT2D eigenvalue weighted by Crippen LogP contribution is 2.20. The fourth-order valence-corrected chi connectivity index (χ4v) is 1.88. The van der Waals surface area contributed by atoms with E-state index in [4.69, 9.17) is 27.9 Å². The molecule has 2 nitrogen and oxygen atoms in total. The fourth-order valence-electron chi connectivity index (χ4n) is 1.47. The third-order valence-corrected chi connectivity index (χ3v) is 2.82. The van der Waals surface area contributed by atoms with Gasteiger partial charge in [0.2, 0.25) is 5.88 Å². The normalized spacial score (nSPS) is 10.4. The second-order valence-corrected chi connectivity index (χ2v) is 4.37. The molecule has 0 bridgehead atoms. The van der Waals surface area contributed by atoms with E-state index in [9.17, 15) is 4.39 Å². The van der Waals surface area contributed by atoms with E-state index in [0.717, 1.165) is 11.8 Å². The molecular formula is C13H10Cl2FNO. The zero-order valence-electron chi connectivity index (χ0n) is 9.37. The first kappa shape index (κ1) is 13.1. The standard InChI is InChI=1S/C13H10Cl2FNO/c14-6-10-5-12(16)7-17-13(10)18-8-9-2-1-3-11(15)4-9/h1-5,7H,6,8H2. The first-order chi connectivity index (χ1) is 8.69. The highest BCUT2D eigenvalue weighted by atomic mass is 35.5. The molecular weight excluding hydrogens is 276 g/mol. The number of alkyl halides is 1. The van der Waals surface area contributed by atoms with Crippen molar-refractivity contribution in [2.75, 3.05) is 0 Å². The molecule has 1 aromatic carbocycles. The Morgan fingerprint density at radius 3 is 2.83 bits per heavy atom. The number of aromatic nitrogens is 1. The van der Waals surface area contributed by atoms with Crippen LogP contribution in [0.1, 0.15) is 11.1 Å². The summed E-state index contributed by atoms with van der Waals surface area (Å²) in [6.07, 6.45) is 1.10. The lowest BCUT2D eigenvalue weighted by Crippen LogP contribution is -2.00. The van der Waals surface area contributed by atoms with Crippen LogP contribution in [0.3, 0.4) is 0 Å². The van der Waals surface area contributed by atoms with E-state index in [1.165, 1.54) is 6.07 Å². The molecule has 94 valence electrons. The van der Waals surface area contributed by atoms with Gasteiger partial charge in [0.05, 0.1) is 12.1 Å². The largest absolute Gasteiger partial charge is 0.473 e. The Labute approximate surface area is 114 Å². The van der Waals surface area contributed by atoms with Gasteiger partial charge in [0.15, 0.2) is 0 Å². The van der Waals surface area contributed by atoms with Gasteiger partial charge in [0.1, 0.15) is 12.4 Å². The molecule has 0 aliphatic heterocycles. The third kappa shape index (κ3) is 3.34. The minimum absolute atomic E-state index is 0.148. The number of halogens is 3. The average molecular weight is 286 g/mol. The van der Waals surface area contributed by atoms with Crippen molar-refractivity contribution in [3.05, 3.63) is 58.5 Å². The summed E-state index contributed by atoms with van der Waals surface area (Å²) in [5, 5.41) is 0.640. The molecule has 18 heavy (non-hydrogen) atoms. The van der Waals surface area contributed by atoms with Crippen LogP contribution < -0.4 is 4.74 Å². The summed E-state index contributed by atoms with van der Waals surface area (Å²) in [4.78, 5) is 3.87. The Morgan fingerprint density at radius 2 is 2.11 bits per heavy atom. The fraction of sp³-hybridized carbons (Fsp3) is 0.154. The topological polar surface area (TPSA) is 22.1 Å². The summed E-state index contributed by atoms with van der Waals surface area (Å²) in [7, 11) is 0. The Bertz CT molecular complexity index is 548. The number of rotatable bonds is 4. The summed E-state index contributed by atoms with van der Waals surface area (Å²) < 4.78 is 18.5. The zero-order valence-corrected chi connectivity index (χ0v) is 10.9. The Balaban J connectivity index is 2.10. The lowest BCUT2D eigenvalue weighted by molar-refractivity contribution is 0.290. The highest BCUT2D eigenvalue weighted by molar-refractivity contribution is 6.30. The van der Waals surface area contributed by atoms with Crippen LogP contribution in [-0.4, -0.2) is 4.98 Å². The average Bonchev–Trinajstić information content (AvgIpc) is 2.37. The molecule has 2 aromatic rings. The van der Waals surface area contributed by atoms with Crippen LogP contribution >= 0.6 is 23.2 Å². The zero-order chi connectivity index (χ0) is 13.0. The van der Waals surface area contributed by atoms with Crippen molar-refractivity contribution >= 4 is 23.2 Å². The van der Waals surface area contributed by atoms with Crippen LogP contribution in [0, 0.1) is 5.82 Å². The summed E-state index contributed by atoms with van der Waals surface area (Å²) in [5.41, 5.74) is 1.44. The molecule has 0 radical (unpaired) electrons. The maximum absolute atomic E-state index is 13.0. The molecule has 1 heterocycles. The molecule has 0 saturated heterocycles. The molecule has 0 unspecified atom stereocenters. The van der Waals surface area contributed by atoms with E-state index in [2.05, 4.69) is 4.98 Å². The van der Waals surface area contributed by atoms with Gasteiger partial charge < -0.3 is 4.74 Å². The number of pyridine rings is 1.